The molecule has 2 amide bonds. The Kier molecular flexibility index (Phi) is 6.28. The van der Waals surface area contributed by atoms with E-state index in [1.165, 1.54) is 6.92 Å². The number of ether oxygens (including phenoxy) is 1. The second-order valence-electron chi connectivity index (χ2n) is 5.45. The van der Waals surface area contributed by atoms with Crippen LogP contribution < -0.4 is 15.4 Å². The highest BCUT2D eigenvalue weighted by Crippen LogP contribution is 2.16. The smallest absolute Gasteiger partial charge is 0.233 e. The van der Waals surface area contributed by atoms with Crippen LogP contribution in [-0.4, -0.2) is 24.7 Å². The van der Waals surface area contributed by atoms with Crippen molar-refractivity contribution < 1.29 is 19.1 Å². The van der Waals surface area contributed by atoms with Crippen LogP contribution in [0.15, 0.2) is 48.5 Å². The Bertz CT molecular complexity index is 769. The van der Waals surface area contributed by atoms with Crippen molar-refractivity contribution in [3.05, 3.63) is 59.7 Å². The molecule has 2 N–H and O–H groups in total. The van der Waals surface area contributed by atoms with Crippen molar-refractivity contribution in [3.8, 4) is 5.75 Å². The minimum absolute atomic E-state index is 0.0476. The average Bonchev–Trinajstić information content (AvgIpc) is 2.60. The van der Waals surface area contributed by atoms with Gasteiger partial charge < -0.3 is 15.4 Å². The zero-order chi connectivity index (χ0) is 18.2. The summed E-state index contributed by atoms with van der Waals surface area (Å²) in [6, 6.07) is 13.8. The first-order valence-electron chi connectivity index (χ1n) is 7.79. The van der Waals surface area contributed by atoms with Gasteiger partial charge in [0.2, 0.25) is 11.8 Å². The Morgan fingerprint density at radius 2 is 1.64 bits per heavy atom. The Hall–Kier alpha value is -3.15. The lowest BCUT2D eigenvalue weighted by molar-refractivity contribution is -0.126. The van der Waals surface area contributed by atoms with Crippen LogP contribution in [0.25, 0.3) is 0 Å². The summed E-state index contributed by atoms with van der Waals surface area (Å²) in [6.45, 7) is 1.75. The molecule has 0 heterocycles. The Morgan fingerprint density at radius 1 is 0.960 bits per heavy atom. The van der Waals surface area contributed by atoms with Crippen LogP contribution in [0.2, 0.25) is 0 Å². The molecule has 6 nitrogen and oxygen atoms in total. The third-order valence-electron chi connectivity index (χ3n) is 3.56. The summed E-state index contributed by atoms with van der Waals surface area (Å²) in [5, 5.41) is 5.31. The molecule has 0 spiro atoms. The highest BCUT2D eigenvalue weighted by atomic mass is 16.5. The standard InChI is InChI=1S/C19H20N2O4/c1-13(22)14-7-9-16(10-8-14)21-19(24)11-18(23)20-12-15-5-3-4-6-17(15)25-2/h3-10H,11-12H2,1-2H3,(H,20,23)(H,21,24). The highest BCUT2D eigenvalue weighted by Gasteiger charge is 2.11. The van der Waals surface area contributed by atoms with E-state index >= 15 is 0 Å². The van der Waals surface area contributed by atoms with E-state index in [9.17, 15) is 14.4 Å². The molecule has 0 saturated heterocycles. The number of benzene rings is 2. The van der Waals surface area contributed by atoms with Gasteiger partial charge in [-0.25, -0.2) is 0 Å². The fourth-order valence-electron chi connectivity index (χ4n) is 2.24. The van der Waals surface area contributed by atoms with Crippen LogP contribution >= 0.6 is 0 Å². The first-order valence-corrected chi connectivity index (χ1v) is 7.79. The van der Waals surface area contributed by atoms with Crippen molar-refractivity contribution in [2.75, 3.05) is 12.4 Å². The molecule has 2 rings (SSSR count). The zero-order valence-electron chi connectivity index (χ0n) is 14.2. The number of Topliss-reactive ketones (excluding diaryl/α,β-unsaturated/α-hetero) is 1. The highest BCUT2D eigenvalue weighted by molar-refractivity contribution is 6.03. The second kappa shape index (κ2) is 8.63. The molecule has 0 bridgehead atoms. The minimum Gasteiger partial charge on any atom is -0.496 e. The predicted molar refractivity (Wildman–Crippen MR) is 94.5 cm³/mol. The molecule has 0 saturated carbocycles. The van der Waals surface area contributed by atoms with Gasteiger partial charge in [0.1, 0.15) is 12.2 Å². The van der Waals surface area contributed by atoms with Gasteiger partial charge in [-0.3, -0.25) is 14.4 Å². The molecule has 6 heteroatoms. The number of methoxy groups -OCH3 is 1. The number of anilines is 1. The monoisotopic (exact) mass is 340 g/mol. The van der Waals surface area contributed by atoms with Crippen molar-refractivity contribution in [2.24, 2.45) is 0 Å². The van der Waals surface area contributed by atoms with Crippen molar-refractivity contribution in [2.45, 2.75) is 19.9 Å². The molecule has 0 unspecified atom stereocenters. The summed E-state index contributed by atoms with van der Waals surface area (Å²) in [5.74, 6) is -0.178. The van der Waals surface area contributed by atoms with Crippen molar-refractivity contribution in [3.63, 3.8) is 0 Å². The van der Waals surface area contributed by atoms with E-state index in [0.717, 1.165) is 5.56 Å². The van der Waals surface area contributed by atoms with Gasteiger partial charge in [0.15, 0.2) is 5.78 Å². The average molecular weight is 340 g/mol. The predicted octanol–water partition coefficient (Wildman–Crippen LogP) is 2.54. The molecular weight excluding hydrogens is 320 g/mol. The maximum absolute atomic E-state index is 11.9. The molecule has 0 radical (unpaired) electrons. The summed E-state index contributed by atoms with van der Waals surface area (Å²) in [4.78, 5) is 35.0. The van der Waals surface area contributed by atoms with E-state index < -0.39 is 5.91 Å². The van der Waals surface area contributed by atoms with Gasteiger partial charge in [-0.15, -0.1) is 0 Å². The number of carbonyl (C=O) groups excluding carboxylic acids is 3. The Morgan fingerprint density at radius 3 is 2.28 bits per heavy atom. The number of nitrogens with one attached hydrogen (secondary N) is 2. The van der Waals surface area contributed by atoms with Gasteiger partial charge in [0.25, 0.3) is 0 Å². The van der Waals surface area contributed by atoms with Crippen LogP contribution in [0.4, 0.5) is 5.69 Å². The van der Waals surface area contributed by atoms with E-state index in [1.807, 2.05) is 18.2 Å². The van der Waals surface area contributed by atoms with Crippen molar-refractivity contribution in [1.29, 1.82) is 0 Å². The fraction of sp³-hybridized carbons (Fsp3) is 0.211. The quantitative estimate of drug-likeness (QED) is 0.599. The number of amides is 2. The van der Waals surface area contributed by atoms with Gasteiger partial charge in [0.05, 0.1) is 7.11 Å². The van der Waals surface area contributed by atoms with Crippen LogP contribution in [-0.2, 0) is 16.1 Å². The molecule has 2 aromatic rings. The lowest BCUT2D eigenvalue weighted by Crippen LogP contribution is -2.27. The zero-order valence-corrected chi connectivity index (χ0v) is 14.2. The van der Waals surface area contributed by atoms with Crippen molar-refractivity contribution >= 4 is 23.3 Å². The van der Waals surface area contributed by atoms with Gasteiger partial charge >= 0.3 is 0 Å². The SMILES string of the molecule is COc1ccccc1CNC(=O)CC(=O)Nc1ccc(C(C)=O)cc1. The fourth-order valence-corrected chi connectivity index (χ4v) is 2.24. The summed E-state index contributed by atoms with van der Waals surface area (Å²) in [7, 11) is 1.56. The van der Waals surface area contributed by atoms with Crippen LogP contribution in [0.5, 0.6) is 5.75 Å². The van der Waals surface area contributed by atoms with Gasteiger partial charge in [-0.2, -0.15) is 0 Å². The molecule has 2 aromatic carbocycles. The maximum Gasteiger partial charge on any atom is 0.233 e. The maximum atomic E-state index is 11.9. The van der Waals surface area contributed by atoms with E-state index in [4.69, 9.17) is 4.74 Å². The van der Waals surface area contributed by atoms with E-state index in [-0.39, 0.29) is 24.7 Å². The second-order valence-corrected chi connectivity index (χ2v) is 5.45. The van der Waals surface area contributed by atoms with Gasteiger partial charge in [0, 0.05) is 23.4 Å². The number of carbonyl (C=O) groups is 3. The van der Waals surface area contributed by atoms with Crippen LogP contribution in [0.1, 0.15) is 29.3 Å². The molecule has 0 fully saturated rings. The largest absolute Gasteiger partial charge is 0.496 e. The van der Waals surface area contributed by atoms with E-state index in [1.54, 1.807) is 37.4 Å². The Labute approximate surface area is 146 Å². The molecule has 0 aliphatic rings. The number of para-hydroxylation sites is 1. The van der Waals surface area contributed by atoms with E-state index in [2.05, 4.69) is 10.6 Å². The molecular formula is C19H20N2O4. The molecule has 130 valence electrons. The summed E-state index contributed by atoms with van der Waals surface area (Å²) >= 11 is 0. The summed E-state index contributed by atoms with van der Waals surface area (Å²) in [5.41, 5.74) is 1.93. The normalized spacial score (nSPS) is 10.0. The number of hydrogen-bond donors (Lipinski definition) is 2. The van der Waals surface area contributed by atoms with Crippen molar-refractivity contribution in [1.82, 2.24) is 5.32 Å². The molecule has 0 aliphatic heterocycles. The first-order chi connectivity index (χ1) is 12.0. The number of rotatable bonds is 7. The van der Waals surface area contributed by atoms with Crippen LogP contribution in [0.3, 0.4) is 0 Å². The van der Waals surface area contributed by atoms with Gasteiger partial charge in [-0.1, -0.05) is 18.2 Å². The van der Waals surface area contributed by atoms with Gasteiger partial charge in [-0.05, 0) is 37.3 Å². The minimum atomic E-state index is -0.423. The third-order valence-corrected chi connectivity index (χ3v) is 3.56. The topological polar surface area (TPSA) is 84.5 Å². The molecule has 0 aliphatic carbocycles. The van der Waals surface area contributed by atoms with Crippen LogP contribution in [0, 0.1) is 0 Å². The third kappa shape index (κ3) is 5.46. The number of hydrogen-bond acceptors (Lipinski definition) is 4. The van der Waals surface area contributed by atoms with E-state index in [0.29, 0.717) is 17.0 Å². The lowest BCUT2D eigenvalue weighted by atomic mass is 10.1. The molecule has 25 heavy (non-hydrogen) atoms. The molecule has 0 atom stereocenters. The molecule has 0 aromatic heterocycles. The lowest BCUT2D eigenvalue weighted by Gasteiger charge is -2.10. The Balaban J connectivity index is 1.83. The first kappa shape index (κ1) is 18.2. The summed E-state index contributed by atoms with van der Waals surface area (Å²) in [6.07, 6.45) is -0.288. The summed E-state index contributed by atoms with van der Waals surface area (Å²) < 4.78 is 5.21. The number of ketones is 1.